The van der Waals surface area contributed by atoms with E-state index in [-0.39, 0.29) is 109 Å². The van der Waals surface area contributed by atoms with Crippen LogP contribution in [0.2, 0.25) is 0 Å². The van der Waals surface area contributed by atoms with Gasteiger partial charge in [-0.25, -0.2) is 0 Å². The molecule has 0 amide bonds. The van der Waals surface area contributed by atoms with Crippen LogP contribution in [0.5, 0.6) is 11.5 Å². The molecular weight excluding hydrogens is 405 g/mol. The van der Waals surface area contributed by atoms with Crippen molar-refractivity contribution in [3.05, 3.63) is 60.2 Å². The quantitative estimate of drug-likeness (QED) is 0.239. The fraction of sp³-hybridized carbons (Fsp3) is 0.278. The summed E-state index contributed by atoms with van der Waals surface area (Å²) in [5.74, 6) is 0.998. The van der Waals surface area contributed by atoms with Crippen LogP contribution in [0.3, 0.4) is 0 Å². The molecule has 0 heterocycles. The third kappa shape index (κ3) is 12.0. The first-order valence-corrected chi connectivity index (χ1v) is 9.50. The predicted octanol–water partition coefficient (Wildman–Crippen LogP) is -3.32. The SMILES string of the molecule is O=C(CCCCc1cccc(Oc2ccccc2)c1)CP(=O)([O-])[O-].[K+].[K+]. The molecule has 5 nitrogen and oxygen atoms in total. The van der Waals surface area contributed by atoms with Gasteiger partial charge in [0.05, 0.1) is 0 Å². The number of unbranched alkanes of at least 4 members (excludes halogenated alkanes) is 1. The molecule has 0 bridgehead atoms. The summed E-state index contributed by atoms with van der Waals surface area (Å²) in [4.78, 5) is 32.4. The fourth-order valence-corrected chi connectivity index (χ4v) is 2.93. The molecule has 0 saturated carbocycles. The van der Waals surface area contributed by atoms with Crippen LogP contribution < -0.4 is 117 Å². The summed E-state index contributed by atoms with van der Waals surface area (Å²) in [5.41, 5.74) is 1.08. The summed E-state index contributed by atoms with van der Waals surface area (Å²) >= 11 is 0. The zero-order valence-corrected chi connectivity index (χ0v) is 22.4. The van der Waals surface area contributed by atoms with Gasteiger partial charge in [-0.15, -0.1) is 0 Å². The Balaban J connectivity index is 0.00000312. The molecule has 0 aliphatic heterocycles. The Kier molecular flexibility index (Phi) is 15.1. The first-order valence-electron chi connectivity index (χ1n) is 7.77. The van der Waals surface area contributed by atoms with Gasteiger partial charge in [-0.05, 0) is 49.1 Å². The van der Waals surface area contributed by atoms with E-state index in [9.17, 15) is 19.1 Å². The normalized spacial score (nSPS) is 10.4. The van der Waals surface area contributed by atoms with Crippen molar-refractivity contribution in [2.24, 2.45) is 0 Å². The molecular formula is C18H19K2O5P. The number of aryl methyl sites for hydroxylation is 1. The standard InChI is InChI=1S/C18H21O5P.2K/c19-16(14-24(20,21)22)9-5-4-7-15-8-6-12-18(13-15)23-17-10-2-1-3-11-17;;/h1-3,6,8,10-13H,4-5,7,9,14H2,(H2,20,21,22);;/q;2*+1/p-2. The number of Topliss-reactive ketones (excluding diaryl/α,β-unsaturated/α-hetero) is 1. The minimum Gasteiger partial charge on any atom is -0.810 e. The van der Waals surface area contributed by atoms with Crippen molar-refractivity contribution in [2.75, 3.05) is 6.16 Å². The molecule has 0 unspecified atom stereocenters. The summed E-state index contributed by atoms with van der Waals surface area (Å²) in [7, 11) is -4.73. The van der Waals surface area contributed by atoms with E-state index in [0.29, 0.717) is 6.42 Å². The molecule has 8 heteroatoms. The summed E-state index contributed by atoms with van der Waals surface area (Å²) in [6.45, 7) is 0. The van der Waals surface area contributed by atoms with E-state index in [1.807, 2.05) is 54.6 Å². The number of carbonyl (C=O) groups excluding carboxylic acids is 1. The van der Waals surface area contributed by atoms with E-state index < -0.39 is 19.5 Å². The number of para-hydroxylation sites is 1. The van der Waals surface area contributed by atoms with Crippen LogP contribution in [0.1, 0.15) is 24.8 Å². The van der Waals surface area contributed by atoms with Crippen LogP contribution in [-0.4, -0.2) is 11.9 Å². The Morgan fingerprint density at radius 2 is 1.58 bits per heavy atom. The number of carbonyl (C=O) groups is 1. The van der Waals surface area contributed by atoms with Crippen molar-refractivity contribution in [1.82, 2.24) is 0 Å². The third-order valence-electron chi connectivity index (χ3n) is 3.42. The zero-order chi connectivity index (χ0) is 17.4. The molecule has 0 aromatic heterocycles. The van der Waals surface area contributed by atoms with Gasteiger partial charge in [0.1, 0.15) is 17.3 Å². The van der Waals surface area contributed by atoms with Crippen molar-refractivity contribution in [2.45, 2.75) is 25.7 Å². The molecule has 0 aliphatic rings. The molecule has 0 saturated heterocycles. The van der Waals surface area contributed by atoms with E-state index in [1.54, 1.807) is 0 Å². The number of ketones is 1. The number of hydrogen-bond donors (Lipinski definition) is 0. The number of rotatable bonds is 9. The average molecular weight is 425 g/mol. The Labute approximate surface area is 239 Å². The summed E-state index contributed by atoms with van der Waals surface area (Å²) in [6.07, 6.45) is 1.29. The first-order chi connectivity index (χ1) is 11.4. The minimum absolute atomic E-state index is 0. The van der Waals surface area contributed by atoms with Gasteiger partial charge >= 0.3 is 103 Å². The van der Waals surface area contributed by atoms with Gasteiger partial charge in [-0.1, -0.05) is 37.9 Å². The smallest absolute Gasteiger partial charge is 0.810 e. The maximum absolute atomic E-state index is 11.3. The van der Waals surface area contributed by atoms with Gasteiger partial charge in [0, 0.05) is 12.6 Å². The van der Waals surface area contributed by atoms with E-state index in [2.05, 4.69) is 0 Å². The molecule has 0 aliphatic carbocycles. The average Bonchev–Trinajstić information content (AvgIpc) is 2.51. The van der Waals surface area contributed by atoms with E-state index in [1.165, 1.54) is 0 Å². The van der Waals surface area contributed by atoms with E-state index >= 15 is 0 Å². The van der Waals surface area contributed by atoms with Crippen molar-refractivity contribution in [3.8, 4) is 11.5 Å². The van der Waals surface area contributed by atoms with Gasteiger partial charge in [0.2, 0.25) is 0 Å². The van der Waals surface area contributed by atoms with Crippen LogP contribution in [0, 0.1) is 0 Å². The molecule has 26 heavy (non-hydrogen) atoms. The molecule has 0 fully saturated rings. The zero-order valence-electron chi connectivity index (χ0n) is 15.2. The van der Waals surface area contributed by atoms with Gasteiger partial charge < -0.3 is 19.1 Å². The second-order valence-electron chi connectivity index (χ2n) is 5.58. The molecule has 2 aromatic rings. The minimum atomic E-state index is -4.73. The van der Waals surface area contributed by atoms with Crippen molar-refractivity contribution in [1.29, 1.82) is 0 Å². The summed E-state index contributed by atoms with van der Waals surface area (Å²) in [6, 6.07) is 17.2. The van der Waals surface area contributed by atoms with Crippen molar-refractivity contribution in [3.63, 3.8) is 0 Å². The second-order valence-corrected chi connectivity index (χ2v) is 7.12. The maximum Gasteiger partial charge on any atom is 1.00 e. The van der Waals surface area contributed by atoms with Crippen molar-refractivity contribution >= 4 is 13.4 Å². The second kappa shape index (κ2) is 14.3. The Morgan fingerprint density at radius 3 is 2.23 bits per heavy atom. The summed E-state index contributed by atoms with van der Waals surface area (Å²) in [5, 5.41) is 0. The van der Waals surface area contributed by atoms with Crippen LogP contribution in [0.15, 0.2) is 54.6 Å². The Morgan fingerprint density at radius 1 is 0.923 bits per heavy atom. The van der Waals surface area contributed by atoms with Gasteiger partial charge in [-0.3, -0.25) is 4.79 Å². The maximum atomic E-state index is 11.3. The van der Waals surface area contributed by atoms with Gasteiger partial charge in [0.25, 0.3) is 0 Å². The van der Waals surface area contributed by atoms with Crippen LogP contribution in [0.25, 0.3) is 0 Å². The number of benzene rings is 2. The molecule has 2 aromatic carbocycles. The largest absolute Gasteiger partial charge is 1.00 e. The first kappa shape index (κ1) is 27.3. The monoisotopic (exact) mass is 424 g/mol. The topological polar surface area (TPSA) is 89.5 Å². The molecule has 0 spiro atoms. The van der Waals surface area contributed by atoms with E-state index in [4.69, 9.17) is 4.74 Å². The molecule has 2 rings (SSSR count). The molecule has 0 radical (unpaired) electrons. The molecule has 0 atom stereocenters. The number of ether oxygens (including phenoxy) is 1. The van der Waals surface area contributed by atoms with Gasteiger partial charge in [-0.2, -0.15) is 0 Å². The fourth-order valence-electron chi connectivity index (χ4n) is 2.34. The van der Waals surface area contributed by atoms with Crippen LogP contribution in [-0.2, 0) is 15.8 Å². The van der Waals surface area contributed by atoms with Crippen LogP contribution in [0.4, 0.5) is 0 Å². The van der Waals surface area contributed by atoms with Crippen molar-refractivity contribution < 1.29 is 127 Å². The third-order valence-corrected chi connectivity index (χ3v) is 4.16. The number of hydrogen-bond acceptors (Lipinski definition) is 5. The molecule has 128 valence electrons. The summed E-state index contributed by atoms with van der Waals surface area (Å²) < 4.78 is 16.3. The van der Waals surface area contributed by atoms with Crippen LogP contribution >= 0.6 is 7.60 Å². The predicted molar refractivity (Wildman–Crippen MR) is 88.0 cm³/mol. The van der Waals surface area contributed by atoms with Gasteiger partial charge in [0.15, 0.2) is 0 Å². The Hall–Kier alpha value is 1.33. The van der Waals surface area contributed by atoms with E-state index in [0.717, 1.165) is 29.9 Å². The molecule has 0 N–H and O–H groups in total. The Bertz CT molecular complexity index is 719.